The van der Waals surface area contributed by atoms with Crippen LogP contribution in [0.15, 0.2) is 36.4 Å². The summed E-state index contributed by atoms with van der Waals surface area (Å²) >= 11 is 6.16. The average molecular weight is 292 g/mol. The second kappa shape index (κ2) is 6.06. The maximum atomic E-state index is 6.16. The van der Waals surface area contributed by atoms with Gasteiger partial charge in [-0.15, -0.1) is 0 Å². The Bertz CT molecular complexity index is 611. The van der Waals surface area contributed by atoms with Gasteiger partial charge in [-0.25, -0.2) is 0 Å². The van der Waals surface area contributed by atoms with E-state index in [0.717, 1.165) is 5.56 Å². The van der Waals surface area contributed by atoms with Crippen molar-refractivity contribution in [3.8, 4) is 17.2 Å². The first-order valence-corrected chi connectivity index (χ1v) is 6.84. The van der Waals surface area contributed by atoms with Gasteiger partial charge in [0.15, 0.2) is 5.75 Å². The van der Waals surface area contributed by atoms with Crippen molar-refractivity contribution in [1.29, 1.82) is 0 Å². The van der Waals surface area contributed by atoms with E-state index in [9.17, 15) is 0 Å². The van der Waals surface area contributed by atoms with Crippen molar-refractivity contribution in [3.63, 3.8) is 0 Å². The molecular weight excluding hydrogens is 274 g/mol. The van der Waals surface area contributed by atoms with E-state index in [-0.39, 0.29) is 6.10 Å². The Morgan fingerprint density at radius 3 is 2.40 bits per heavy atom. The Labute approximate surface area is 124 Å². The molecule has 0 heterocycles. The van der Waals surface area contributed by atoms with Crippen LogP contribution in [0.5, 0.6) is 17.2 Å². The number of benzene rings is 2. The molecule has 0 aliphatic heterocycles. The lowest BCUT2D eigenvalue weighted by molar-refractivity contribution is 0.243. The molecule has 106 valence electrons. The van der Waals surface area contributed by atoms with Gasteiger partial charge in [-0.1, -0.05) is 23.7 Å². The highest BCUT2D eigenvalue weighted by Crippen LogP contribution is 2.37. The number of anilines is 1. The molecule has 2 aromatic carbocycles. The van der Waals surface area contributed by atoms with Crippen LogP contribution in [0.1, 0.15) is 19.4 Å². The first kappa shape index (κ1) is 14.5. The first-order chi connectivity index (χ1) is 9.47. The molecule has 0 aliphatic rings. The fraction of sp³-hybridized carbons (Fsp3) is 0.250. The van der Waals surface area contributed by atoms with Crippen LogP contribution in [-0.2, 0) is 0 Å². The molecule has 0 amide bonds. The molecule has 0 aliphatic carbocycles. The molecule has 0 aromatic heterocycles. The average Bonchev–Trinajstić information content (AvgIpc) is 2.36. The molecule has 0 unspecified atom stereocenters. The molecule has 3 nitrogen and oxygen atoms in total. The van der Waals surface area contributed by atoms with Crippen molar-refractivity contribution in [1.82, 2.24) is 0 Å². The maximum absolute atomic E-state index is 6.16. The number of hydrogen-bond donors (Lipinski definition) is 1. The van der Waals surface area contributed by atoms with Crippen LogP contribution in [0, 0.1) is 6.92 Å². The number of rotatable bonds is 4. The molecule has 0 saturated carbocycles. The summed E-state index contributed by atoms with van der Waals surface area (Å²) in [6.07, 6.45) is 0.0514. The molecule has 0 radical (unpaired) electrons. The van der Waals surface area contributed by atoms with Gasteiger partial charge >= 0.3 is 0 Å². The van der Waals surface area contributed by atoms with Crippen molar-refractivity contribution in [2.45, 2.75) is 26.9 Å². The molecule has 2 aromatic rings. The minimum atomic E-state index is 0.0514. The van der Waals surface area contributed by atoms with Crippen molar-refractivity contribution in [2.75, 3.05) is 5.73 Å². The van der Waals surface area contributed by atoms with Crippen LogP contribution in [0.3, 0.4) is 0 Å². The number of halogens is 1. The summed E-state index contributed by atoms with van der Waals surface area (Å²) in [7, 11) is 0. The minimum Gasteiger partial charge on any atom is -0.489 e. The van der Waals surface area contributed by atoms with E-state index in [4.69, 9.17) is 26.8 Å². The molecule has 0 bridgehead atoms. The number of para-hydroxylation sites is 1. The maximum Gasteiger partial charge on any atom is 0.154 e. The molecule has 0 spiro atoms. The standard InChI is InChI=1S/C16H18ClNO2/c1-10(2)19-14-5-4-6-15(16(14)18)20-13-8-7-11(3)9-12(13)17/h4-10H,18H2,1-3H3. The van der Waals surface area contributed by atoms with Gasteiger partial charge in [-0.3, -0.25) is 0 Å². The lowest BCUT2D eigenvalue weighted by Crippen LogP contribution is -2.07. The minimum absolute atomic E-state index is 0.0514. The number of nitrogens with two attached hydrogens (primary N) is 1. The SMILES string of the molecule is Cc1ccc(Oc2cccc(OC(C)C)c2N)c(Cl)c1. The van der Waals surface area contributed by atoms with Gasteiger partial charge in [0, 0.05) is 0 Å². The normalized spacial score (nSPS) is 10.7. The number of ether oxygens (including phenoxy) is 2. The summed E-state index contributed by atoms with van der Waals surface area (Å²) in [5, 5.41) is 0.555. The van der Waals surface area contributed by atoms with Crippen molar-refractivity contribution >= 4 is 17.3 Å². The zero-order valence-electron chi connectivity index (χ0n) is 11.8. The Morgan fingerprint density at radius 2 is 1.75 bits per heavy atom. The fourth-order valence-electron chi connectivity index (χ4n) is 1.78. The van der Waals surface area contributed by atoms with Gasteiger partial charge in [-0.2, -0.15) is 0 Å². The second-order valence-electron chi connectivity index (χ2n) is 4.87. The third-order valence-corrected chi connectivity index (χ3v) is 2.99. The predicted octanol–water partition coefficient (Wildman–Crippen LogP) is 4.81. The van der Waals surface area contributed by atoms with Crippen molar-refractivity contribution in [2.24, 2.45) is 0 Å². The third kappa shape index (κ3) is 3.36. The lowest BCUT2D eigenvalue weighted by atomic mass is 10.2. The van der Waals surface area contributed by atoms with Crippen LogP contribution in [-0.4, -0.2) is 6.10 Å². The van der Waals surface area contributed by atoms with Crippen LogP contribution >= 0.6 is 11.6 Å². The number of nitrogen functional groups attached to an aromatic ring is 1. The molecule has 20 heavy (non-hydrogen) atoms. The first-order valence-electron chi connectivity index (χ1n) is 6.46. The molecule has 0 fully saturated rings. The highest BCUT2D eigenvalue weighted by atomic mass is 35.5. The zero-order valence-corrected chi connectivity index (χ0v) is 12.6. The highest BCUT2D eigenvalue weighted by Gasteiger charge is 2.11. The summed E-state index contributed by atoms with van der Waals surface area (Å²) in [6.45, 7) is 5.87. The molecule has 2 rings (SSSR count). The van der Waals surface area contributed by atoms with Crippen molar-refractivity contribution in [3.05, 3.63) is 47.0 Å². The van der Waals surface area contributed by atoms with Gasteiger partial charge in [0.05, 0.1) is 11.1 Å². The van der Waals surface area contributed by atoms with Gasteiger partial charge in [0.25, 0.3) is 0 Å². The van der Waals surface area contributed by atoms with Gasteiger partial charge < -0.3 is 15.2 Å². The van der Waals surface area contributed by atoms with E-state index in [1.807, 2.05) is 51.1 Å². The second-order valence-corrected chi connectivity index (χ2v) is 5.28. The summed E-state index contributed by atoms with van der Waals surface area (Å²) < 4.78 is 11.4. The van der Waals surface area contributed by atoms with E-state index < -0.39 is 0 Å². The summed E-state index contributed by atoms with van der Waals surface area (Å²) in [5.74, 6) is 1.72. The van der Waals surface area contributed by atoms with Gasteiger partial charge in [0.1, 0.15) is 17.2 Å². The summed E-state index contributed by atoms with van der Waals surface area (Å²) in [4.78, 5) is 0. The lowest BCUT2D eigenvalue weighted by Gasteiger charge is -2.15. The van der Waals surface area contributed by atoms with Crippen LogP contribution in [0.25, 0.3) is 0 Å². The van der Waals surface area contributed by atoms with Gasteiger partial charge in [-0.05, 0) is 50.6 Å². The van der Waals surface area contributed by atoms with E-state index >= 15 is 0 Å². The Balaban J connectivity index is 2.29. The summed E-state index contributed by atoms with van der Waals surface area (Å²) in [5.41, 5.74) is 7.61. The smallest absolute Gasteiger partial charge is 0.154 e. The monoisotopic (exact) mass is 291 g/mol. The molecule has 0 saturated heterocycles. The fourth-order valence-corrected chi connectivity index (χ4v) is 2.05. The van der Waals surface area contributed by atoms with E-state index in [2.05, 4.69) is 0 Å². The Hall–Kier alpha value is -1.87. The zero-order chi connectivity index (χ0) is 14.7. The number of aryl methyl sites for hydroxylation is 1. The molecule has 2 N–H and O–H groups in total. The third-order valence-electron chi connectivity index (χ3n) is 2.70. The topological polar surface area (TPSA) is 44.5 Å². The Kier molecular flexibility index (Phi) is 4.40. The van der Waals surface area contributed by atoms with Crippen LogP contribution < -0.4 is 15.2 Å². The van der Waals surface area contributed by atoms with Gasteiger partial charge in [0.2, 0.25) is 0 Å². The van der Waals surface area contributed by atoms with E-state index in [1.54, 1.807) is 6.07 Å². The van der Waals surface area contributed by atoms with Crippen LogP contribution in [0.2, 0.25) is 5.02 Å². The highest BCUT2D eigenvalue weighted by molar-refractivity contribution is 6.32. The van der Waals surface area contributed by atoms with Crippen LogP contribution in [0.4, 0.5) is 5.69 Å². The van der Waals surface area contributed by atoms with E-state index in [1.165, 1.54) is 0 Å². The predicted molar refractivity (Wildman–Crippen MR) is 82.9 cm³/mol. The number of hydrogen-bond acceptors (Lipinski definition) is 3. The Morgan fingerprint density at radius 1 is 1.05 bits per heavy atom. The molecular formula is C16H18ClNO2. The summed E-state index contributed by atoms with van der Waals surface area (Å²) in [6, 6.07) is 11.1. The largest absolute Gasteiger partial charge is 0.489 e. The molecule has 0 atom stereocenters. The molecule has 4 heteroatoms. The van der Waals surface area contributed by atoms with Crippen molar-refractivity contribution < 1.29 is 9.47 Å². The quantitative estimate of drug-likeness (QED) is 0.822. The van der Waals surface area contributed by atoms with E-state index in [0.29, 0.717) is 28.0 Å².